The first-order chi connectivity index (χ1) is 14.5. The van der Waals surface area contributed by atoms with Crippen LogP contribution >= 0.6 is 0 Å². The molecule has 5 rings (SSSR count). The molecule has 1 aliphatic heterocycles. The number of hydrogen-bond donors (Lipinski definition) is 0. The Labute approximate surface area is 172 Å². The minimum atomic E-state index is -0.506. The molecule has 9 heteroatoms. The molecule has 3 aromatic rings. The molecule has 0 N–H and O–H groups in total. The lowest BCUT2D eigenvalue weighted by Gasteiger charge is -2.36. The number of aromatic nitrogens is 4. The molecule has 8 nitrogen and oxygen atoms in total. The molecule has 1 aliphatic carbocycles. The number of aryl methyl sites for hydroxylation is 1. The molecule has 0 atom stereocenters. The Hall–Kier alpha value is -3.36. The monoisotopic (exact) mass is 408 g/mol. The summed E-state index contributed by atoms with van der Waals surface area (Å²) in [7, 11) is 1.49. The fourth-order valence-corrected chi connectivity index (χ4v) is 4.03. The summed E-state index contributed by atoms with van der Waals surface area (Å²) in [4.78, 5) is 38.1. The molecule has 1 aromatic carbocycles. The van der Waals surface area contributed by atoms with Crippen LogP contribution in [0.2, 0.25) is 0 Å². The molecular weight excluding hydrogens is 387 g/mol. The van der Waals surface area contributed by atoms with Crippen molar-refractivity contribution < 1.29 is 9.18 Å². The van der Waals surface area contributed by atoms with Crippen molar-refractivity contribution in [3.8, 4) is 0 Å². The van der Waals surface area contributed by atoms with E-state index in [1.165, 1.54) is 25.2 Å². The molecule has 0 radical (unpaired) electrons. The lowest BCUT2D eigenvalue weighted by atomic mass is 10.1. The van der Waals surface area contributed by atoms with Gasteiger partial charge in [0.15, 0.2) is 5.69 Å². The molecule has 2 fully saturated rings. The maximum Gasteiger partial charge on any atom is 0.275 e. The van der Waals surface area contributed by atoms with E-state index in [1.807, 2.05) is 6.20 Å². The molecule has 0 spiro atoms. The predicted molar refractivity (Wildman–Crippen MR) is 109 cm³/mol. The fourth-order valence-electron chi connectivity index (χ4n) is 4.03. The minimum absolute atomic E-state index is 0.0989. The zero-order valence-corrected chi connectivity index (χ0v) is 16.6. The van der Waals surface area contributed by atoms with Crippen molar-refractivity contribution in [2.45, 2.75) is 18.8 Å². The number of amides is 1. The minimum Gasteiger partial charge on any atom is -0.365 e. The van der Waals surface area contributed by atoms with Gasteiger partial charge in [0.05, 0.1) is 23.0 Å². The third-order valence-corrected chi connectivity index (χ3v) is 5.81. The summed E-state index contributed by atoms with van der Waals surface area (Å²) < 4.78 is 15.0. The van der Waals surface area contributed by atoms with E-state index >= 15 is 0 Å². The van der Waals surface area contributed by atoms with Crippen molar-refractivity contribution in [1.29, 1.82) is 0 Å². The van der Waals surface area contributed by atoms with Gasteiger partial charge in [-0.3, -0.25) is 9.59 Å². The molecule has 30 heavy (non-hydrogen) atoms. The summed E-state index contributed by atoms with van der Waals surface area (Å²) >= 11 is 0. The zero-order chi connectivity index (χ0) is 20.8. The van der Waals surface area contributed by atoms with Crippen LogP contribution in [-0.4, -0.2) is 56.7 Å². The van der Waals surface area contributed by atoms with Gasteiger partial charge in [-0.2, -0.15) is 5.10 Å². The van der Waals surface area contributed by atoms with Gasteiger partial charge in [-0.1, -0.05) is 0 Å². The van der Waals surface area contributed by atoms with Gasteiger partial charge in [0.25, 0.3) is 11.5 Å². The van der Waals surface area contributed by atoms with Gasteiger partial charge in [-0.05, 0) is 31.0 Å². The summed E-state index contributed by atoms with van der Waals surface area (Å²) in [5.41, 5.74) is 1.87. The number of anilines is 1. The normalized spacial score (nSPS) is 16.9. The van der Waals surface area contributed by atoms with Crippen LogP contribution < -0.4 is 10.5 Å². The first kappa shape index (κ1) is 18.7. The Morgan fingerprint density at radius 1 is 1.13 bits per heavy atom. The molecule has 2 aliphatic rings. The Morgan fingerprint density at radius 3 is 2.63 bits per heavy atom. The summed E-state index contributed by atoms with van der Waals surface area (Å²) in [5.74, 6) is -0.292. The Bertz CT molecular complexity index is 1200. The number of piperazine rings is 1. The van der Waals surface area contributed by atoms with Crippen LogP contribution in [0, 0.1) is 5.82 Å². The van der Waals surface area contributed by atoms with Crippen LogP contribution in [-0.2, 0) is 7.05 Å². The number of hydrogen-bond acceptors (Lipinski definition) is 6. The SMILES string of the molecule is Cn1nc(C(=O)N2CCN(c3cncnc3C3CC3)CC2)c2cc(F)ccc2c1=O. The highest BCUT2D eigenvalue weighted by atomic mass is 19.1. The van der Waals surface area contributed by atoms with E-state index in [4.69, 9.17) is 0 Å². The number of rotatable bonds is 3. The smallest absolute Gasteiger partial charge is 0.275 e. The summed E-state index contributed by atoms with van der Waals surface area (Å²) in [5, 5.41) is 4.68. The quantitative estimate of drug-likeness (QED) is 0.656. The molecule has 0 unspecified atom stereocenters. The average molecular weight is 408 g/mol. The molecule has 154 valence electrons. The highest BCUT2D eigenvalue weighted by Crippen LogP contribution is 2.42. The number of carbonyl (C=O) groups excluding carboxylic acids is 1. The van der Waals surface area contributed by atoms with E-state index in [-0.39, 0.29) is 27.9 Å². The van der Waals surface area contributed by atoms with E-state index < -0.39 is 5.82 Å². The maximum atomic E-state index is 13.8. The van der Waals surface area contributed by atoms with Crippen molar-refractivity contribution in [2.24, 2.45) is 7.05 Å². The summed E-state index contributed by atoms with van der Waals surface area (Å²) in [6.45, 7) is 2.30. The van der Waals surface area contributed by atoms with Crippen molar-refractivity contribution in [3.63, 3.8) is 0 Å². The summed E-state index contributed by atoms with van der Waals surface area (Å²) in [6.07, 6.45) is 5.75. The van der Waals surface area contributed by atoms with E-state index in [1.54, 1.807) is 11.2 Å². The summed E-state index contributed by atoms with van der Waals surface area (Å²) in [6, 6.07) is 3.82. The van der Waals surface area contributed by atoms with E-state index in [2.05, 4.69) is 20.0 Å². The highest BCUT2D eigenvalue weighted by Gasteiger charge is 2.31. The Balaban J connectivity index is 1.40. The number of halogens is 1. The third-order valence-electron chi connectivity index (χ3n) is 5.81. The second kappa shape index (κ2) is 7.16. The van der Waals surface area contributed by atoms with E-state index in [9.17, 15) is 14.0 Å². The number of benzene rings is 1. The lowest BCUT2D eigenvalue weighted by molar-refractivity contribution is 0.0740. The molecule has 1 amide bonds. The van der Waals surface area contributed by atoms with Crippen LogP contribution in [0.1, 0.15) is 34.9 Å². The largest absolute Gasteiger partial charge is 0.365 e. The third kappa shape index (κ3) is 3.20. The molecule has 2 aromatic heterocycles. The van der Waals surface area contributed by atoms with Crippen LogP contribution in [0.25, 0.3) is 10.8 Å². The van der Waals surface area contributed by atoms with Crippen LogP contribution in [0.15, 0.2) is 35.5 Å². The lowest BCUT2D eigenvalue weighted by Crippen LogP contribution is -2.49. The topological polar surface area (TPSA) is 84.2 Å². The predicted octanol–water partition coefficient (Wildman–Crippen LogP) is 1.70. The van der Waals surface area contributed by atoms with Gasteiger partial charge in [-0.15, -0.1) is 0 Å². The first-order valence-corrected chi connectivity index (χ1v) is 10.0. The standard InChI is InChI=1S/C21H21FN6O2/c1-26-20(29)15-5-4-14(22)10-16(15)19(25-26)21(30)28-8-6-27(7-9-28)17-11-23-12-24-18(17)13-2-3-13/h4-5,10-13H,2-3,6-9H2,1H3. The Morgan fingerprint density at radius 2 is 1.90 bits per heavy atom. The van der Waals surface area contributed by atoms with Crippen LogP contribution in [0.4, 0.5) is 10.1 Å². The second-order valence-electron chi connectivity index (χ2n) is 7.81. The van der Waals surface area contributed by atoms with Crippen molar-refractivity contribution in [1.82, 2.24) is 24.6 Å². The molecule has 3 heterocycles. The highest BCUT2D eigenvalue weighted by molar-refractivity contribution is 6.04. The van der Waals surface area contributed by atoms with Gasteiger partial charge in [0, 0.05) is 44.5 Å². The Kier molecular flexibility index (Phi) is 4.45. The van der Waals surface area contributed by atoms with Crippen molar-refractivity contribution >= 4 is 22.4 Å². The van der Waals surface area contributed by atoms with Gasteiger partial charge in [-0.25, -0.2) is 19.0 Å². The average Bonchev–Trinajstić information content (AvgIpc) is 3.61. The van der Waals surface area contributed by atoms with Crippen molar-refractivity contribution in [3.05, 3.63) is 58.3 Å². The van der Waals surface area contributed by atoms with Crippen LogP contribution in [0.5, 0.6) is 0 Å². The molecule has 1 saturated heterocycles. The van der Waals surface area contributed by atoms with Gasteiger partial charge >= 0.3 is 0 Å². The zero-order valence-electron chi connectivity index (χ0n) is 16.6. The van der Waals surface area contributed by atoms with Gasteiger partial charge in [0.1, 0.15) is 12.1 Å². The molecule has 1 saturated carbocycles. The number of nitrogens with zero attached hydrogens (tertiary/aromatic N) is 6. The maximum absolute atomic E-state index is 13.8. The molecule has 0 bridgehead atoms. The van der Waals surface area contributed by atoms with Crippen molar-refractivity contribution in [2.75, 3.05) is 31.1 Å². The first-order valence-electron chi connectivity index (χ1n) is 10.0. The number of fused-ring (bicyclic) bond motifs is 1. The van der Waals surface area contributed by atoms with Gasteiger partial charge < -0.3 is 9.80 Å². The molecular formula is C21H21FN6O2. The van der Waals surface area contributed by atoms with Gasteiger partial charge in [0.2, 0.25) is 0 Å². The second-order valence-corrected chi connectivity index (χ2v) is 7.81. The fraction of sp³-hybridized carbons (Fsp3) is 0.381. The van der Waals surface area contributed by atoms with E-state index in [0.717, 1.165) is 28.9 Å². The number of carbonyl (C=O) groups is 1. The van der Waals surface area contributed by atoms with E-state index in [0.29, 0.717) is 32.1 Å². The van der Waals surface area contributed by atoms with Crippen LogP contribution in [0.3, 0.4) is 0 Å².